The van der Waals surface area contributed by atoms with Crippen LogP contribution in [0.5, 0.6) is 0 Å². The lowest BCUT2D eigenvalue weighted by atomic mass is 9.87. The van der Waals surface area contributed by atoms with E-state index in [-0.39, 0.29) is 28.5 Å². The first kappa shape index (κ1) is 15.4. The number of hydrogen-bond donors (Lipinski definition) is 0. The highest BCUT2D eigenvalue weighted by Crippen LogP contribution is 2.33. The second-order valence-corrected chi connectivity index (χ2v) is 6.01. The van der Waals surface area contributed by atoms with Crippen LogP contribution in [0.3, 0.4) is 0 Å². The van der Waals surface area contributed by atoms with Gasteiger partial charge >= 0.3 is 0 Å². The minimum Gasteiger partial charge on any atom is -0.321 e. The summed E-state index contributed by atoms with van der Waals surface area (Å²) in [4.78, 5) is 30.3. The van der Waals surface area contributed by atoms with Gasteiger partial charge in [0.05, 0.1) is 5.56 Å². The molecule has 1 aromatic heterocycles. The summed E-state index contributed by atoms with van der Waals surface area (Å²) in [5.41, 5.74) is 2.13. The van der Waals surface area contributed by atoms with Crippen molar-refractivity contribution in [3.63, 3.8) is 0 Å². The van der Waals surface area contributed by atoms with E-state index in [9.17, 15) is 14.0 Å². The summed E-state index contributed by atoms with van der Waals surface area (Å²) in [5, 5.41) is 0. The summed E-state index contributed by atoms with van der Waals surface area (Å²) < 4.78 is 15.9. The Morgan fingerprint density at radius 3 is 2.44 bits per heavy atom. The molecule has 0 aliphatic heterocycles. The van der Waals surface area contributed by atoms with Crippen LogP contribution in [-0.2, 0) is 6.54 Å². The second-order valence-electron chi connectivity index (χ2n) is 6.01. The highest BCUT2D eigenvalue weighted by molar-refractivity contribution is 6.27. The smallest absolute Gasteiger partial charge is 0.214 e. The molecule has 0 unspecified atom stereocenters. The number of nitrogens with zero attached hydrogens (tertiary/aromatic N) is 2. The number of rotatable bonds is 2. The quantitative estimate of drug-likeness (QED) is 0.560. The van der Waals surface area contributed by atoms with Crippen molar-refractivity contribution in [1.82, 2.24) is 9.55 Å². The van der Waals surface area contributed by atoms with Crippen LogP contribution >= 0.6 is 0 Å². The summed E-state index contributed by atoms with van der Waals surface area (Å²) >= 11 is 0. The zero-order chi connectivity index (χ0) is 17.7. The summed E-state index contributed by atoms with van der Waals surface area (Å²) in [6.07, 6.45) is 0. The molecular weight excluding hydrogens is 319 g/mol. The third-order valence-electron chi connectivity index (χ3n) is 4.57. The lowest BCUT2D eigenvalue weighted by molar-refractivity contribution is 0.0970. The molecule has 1 aliphatic rings. The van der Waals surface area contributed by atoms with Gasteiger partial charge in [0, 0.05) is 17.7 Å². The highest BCUT2D eigenvalue weighted by Gasteiger charge is 2.36. The fraction of sp³-hybridized carbons (Fsp3) is 0.150. The molecule has 0 fully saturated rings. The first-order chi connectivity index (χ1) is 12.0. The molecule has 0 saturated carbocycles. The van der Waals surface area contributed by atoms with Gasteiger partial charge in [-0.2, -0.15) is 0 Å². The van der Waals surface area contributed by atoms with Gasteiger partial charge in [0.2, 0.25) is 11.6 Å². The van der Waals surface area contributed by atoms with E-state index in [0.717, 1.165) is 5.56 Å². The van der Waals surface area contributed by atoms with Crippen molar-refractivity contribution in [2.24, 2.45) is 0 Å². The molecule has 124 valence electrons. The molecule has 0 radical (unpaired) electrons. The molecule has 5 heteroatoms. The van der Waals surface area contributed by atoms with Gasteiger partial charge in [-0.05, 0) is 31.5 Å². The van der Waals surface area contributed by atoms with Gasteiger partial charge in [0.1, 0.15) is 23.0 Å². The number of aromatic nitrogens is 2. The minimum atomic E-state index is -0.437. The SMILES string of the molecule is CCn1c(-c2ccccc2F)nc2c1C(=O)c1cccc(C)c1C2=O. The molecule has 1 heterocycles. The molecule has 0 atom stereocenters. The van der Waals surface area contributed by atoms with Crippen LogP contribution in [-0.4, -0.2) is 21.1 Å². The number of ketones is 2. The zero-order valence-electron chi connectivity index (χ0n) is 13.8. The molecular formula is C20H15FN2O2. The van der Waals surface area contributed by atoms with Crippen molar-refractivity contribution in [2.75, 3.05) is 0 Å². The Kier molecular flexibility index (Phi) is 3.39. The van der Waals surface area contributed by atoms with Crippen molar-refractivity contribution in [2.45, 2.75) is 20.4 Å². The number of hydrogen-bond acceptors (Lipinski definition) is 3. The van der Waals surface area contributed by atoms with Crippen LogP contribution in [0.15, 0.2) is 42.5 Å². The molecule has 0 spiro atoms. The summed E-state index contributed by atoms with van der Waals surface area (Å²) in [6, 6.07) is 11.4. The third kappa shape index (κ3) is 2.09. The van der Waals surface area contributed by atoms with Crippen LogP contribution in [0.25, 0.3) is 11.4 Å². The first-order valence-electron chi connectivity index (χ1n) is 8.09. The van der Waals surface area contributed by atoms with E-state index < -0.39 is 5.82 Å². The van der Waals surface area contributed by atoms with Gasteiger partial charge < -0.3 is 4.57 Å². The average molecular weight is 334 g/mol. The lowest BCUT2D eigenvalue weighted by Crippen LogP contribution is -2.24. The Balaban J connectivity index is 2.03. The number of halogens is 1. The molecule has 25 heavy (non-hydrogen) atoms. The number of fused-ring (bicyclic) bond motifs is 2. The molecule has 4 nitrogen and oxygen atoms in total. The number of carbonyl (C=O) groups is 2. The van der Waals surface area contributed by atoms with Crippen LogP contribution in [0.2, 0.25) is 0 Å². The van der Waals surface area contributed by atoms with Crippen LogP contribution < -0.4 is 0 Å². The normalized spacial score (nSPS) is 12.9. The largest absolute Gasteiger partial charge is 0.321 e. The van der Waals surface area contributed by atoms with Crippen LogP contribution in [0.4, 0.5) is 4.39 Å². The van der Waals surface area contributed by atoms with Gasteiger partial charge in [-0.3, -0.25) is 9.59 Å². The second kappa shape index (κ2) is 5.48. The van der Waals surface area contributed by atoms with Gasteiger partial charge in [0.25, 0.3) is 0 Å². The number of carbonyl (C=O) groups excluding carboxylic acids is 2. The molecule has 3 aromatic rings. The van der Waals surface area contributed by atoms with Crippen molar-refractivity contribution < 1.29 is 14.0 Å². The van der Waals surface area contributed by atoms with E-state index in [0.29, 0.717) is 23.5 Å². The third-order valence-corrected chi connectivity index (χ3v) is 4.57. The Labute approximate surface area is 143 Å². The minimum absolute atomic E-state index is 0.104. The number of aryl methyl sites for hydroxylation is 1. The van der Waals surface area contributed by atoms with Gasteiger partial charge in [-0.1, -0.05) is 30.3 Å². The van der Waals surface area contributed by atoms with Crippen molar-refractivity contribution in [3.05, 3.63) is 76.4 Å². The van der Waals surface area contributed by atoms with E-state index in [1.807, 2.05) is 6.92 Å². The van der Waals surface area contributed by atoms with E-state index in [4.69, 9.17) is 0 Å². The van der Waals surface area contributed by atoms with E-state index >= 15 is 0 Å². The number of benzene rings is 2. The Morgan fingerprint density at radius 1 is 1.00 bits per heavy atom. The fourth-order valence-electron chi connectivity index (χ4n) is 3.40. The van der Waals surface area contributed by atoms with Gasteiger partial charge in [0.15, 0.2) is 0 Å². The van der Waals surface area contributed by atoms with E-state index in [2.05, 4.69) is 4.98 Å². The topological polar surface area (TPSA) is 52.0 Å². The Morgan fingerprint density at radius 2 is 1.72 bits per heavy atom. The molecule has 0 saturated heterocycles. The molecule has 2 aromatic carbocycles. The summed E-state index contributed by atoms with van der Waals surface area (Å²) in [6.45, 7) is 4.05. The molecule has 4 rings (SSSR count). The van der Waals surface area contributed by atoms with E-state index in [1.54, 1.807) is 47.9 Å². The highest BCUT2D eigenvalue weighted by atomic mass is 19.1. The fourth-order valence-corrected chi connectivity index (χ4v) is 3.40. The van der Waals surface area contributed by atoms with Gasteiger partial charge in [-0.15, -0.1) is 0 Å². The van der Waals surface area contributed by atoms with Crippen molar-refractivity contribution in [3.8, 4) is 11.4 Å². The van der Waals surface area contributed by atoms with Crippen molar-refractivity contribution >= 4 is 11.6 Å². The average Bonchev–Trinajstić information content (AvgIpc) is 2.99. The van der Waals surface area contributed by atoms with E-state index in [1.165, 1.54) is 6.07 Å². The standard InChI is InChI=1S/C20H15FN2O2/c1-3-23-17-16(22-20(23)12-8-4-5-10-14(12)21)19(25)15-11(2)7-6-9-13(15)18(17)24/h4-10H,3H2,1-2H3. The molecule has 0 amide bonds. The molecule has 1 aliphatic carbocycles. The summed E-state index contributed by atoms with van der Waals surface area (Å²) in [5.74, 6) is -0.663. The van der Waals surface area contributed by atoms with Crippen LogP contribution in [0, 0.1) is 12.7 Å². The van der Waals surface area contributed by atoms with Crippen LogP contribution in [0.1, 0.15) is 44.6 Å². The maximum atomic E-state index is 14.3. The Bertz CT molecular complexity index is 1050. The molecule has 0 bridgehead atoms. The molecule has 0 N–H and O–H groups in total. The monoisotopic (exact) mass is 334 g/mol. The predicted molar refractivity (Wildman–Crippen MR) is 91.3 cm³/mol. The maximum Gasteiger partial charge on any atom is 0.214 e. The summed E-state index contributed by atoms with van der Waals surface area (Å²) in [7, 11) is 0. The Hall–Kier alpha value is -3.08. The maximum absolute atomic E-state index is 14.3. The lowest BCUT2D eigenvalue weighted by Gasteiger charge is -2.17. The predicted octanol–water partition coefficient (Wildman–Crippen LogP) is 3.79. The number of imidazole rings is 1. The van der Waals surface area contributed by atoms with Crippen molar-refractivity contribution in [1.29, 1.82) is 0 Å². The first-order valence-corrected chi connectivity index (χ1v) is 8.09. The van der Waals surface area contributed by atoms with Gasteiger partial charge in [-0.25, -0.2) is 9.37 Å². The zero-order valence-corrected chi connectivity index (χ0v) is 13.8.